The molecular weight excluding hydrogens is 337 g/mol. The van der Waals surface area contributed by atoms with Crippen LogP contribution in [0.4, 0.5) is 4.39 Å². The number of carbonyl (C=O) groups is 1. The maximum atomic E-state index is 12.9. The SMILES string of the molecule is O=C(CN1CCN(Cc2cccs2)CC1)NCCc1ccc(F)cc1. The summed E-state index contributed by atoms with van der Waals surface area (Å²) >= 11 is 1.80. The Morgan fingerprint density at radius 2 is 1.80 bits per heavy atom. The number of halogens is 1. The molecular formula is C19H24FN3OS. The van der Waals surface area contributed by atoms with Crippen molar-refractivity contribution < 1.29 is 9.18 Å². The first kappa shape index (κ1) is 18.0. The van der Waals surface area contributed by atoms with Crippen molar-refractivity contribution in [1.82, 2.24) is 15.1 Å². The van der Waals surface area contributed by atoms with E-state index in [1.165, 1.54) is 17.0 Å². The first-order chi connectivity index (χ1) is 12.2. The lowest BCUT2D eigenvalue weighted by Crippen LogP contribution is -2.49. The monoisotopic (exact) mass is 361 g/mol. The van der Waals surface area contributed by atoms with Crippen LogP contribution in [0.2, 0.25) is 0 Å². The van der Waals surface area contributed by atoms with Crippen LogP contribution < -0.4 is 5.32 Å². The number of hydrogen-bond acceptors (Lipinski definition) is 4. The molecule has 25 heavy (non-hydrogen) atoms. The van der Waals surface area contributed by atoms with Gasteiger partial charge in [-0.1, -0.05) is 18.2 Å². The minimum atomic E-state index is -0.231. The average Bonchev–Trinajstić information content (AvgIpc) is 3.11. The molecule has 0 aliphatic carbocycles. The molecule has 1 aliphatic rings. The van der Waals surface area contributed by atoms with Gasteiger partial charge in [0.05, 0.1) is 6.54 Å². The Morgan fingerprint density at radius 1 is 1.08 bits per heavy atom. The van der Waals surface area contributed by atoms with Gasteiger partial charge in [0.2, 0.25) is 5.91 Å². The number of piperazine rings is 1. The Balaban J connectivity index is 1.31. The summed E-state index contributed by atoms with van der Waals surface area (Å²) in [4.78, 5) is 18.1. The molecule has 2 heterocycles. The van der Waals surface area contributed by atoms with Gasteiger partial charge in [-0.05, 0) is 35.6 Å². The molecule has 0 bridgehead atoms. The van der Waals surface area contributed by atoms with E-state index in [4.69, 9.17) is 0 Å². The normalized spacial score (nSPS) is 16.0. The zero-order valence-corrected chi connectivity index (χ0v) is 15.1. The van der Waals surface area contributed by atoms with Crippen molar-refractivity contribution in [3.63, 3.8) is 0 Å². The third-order valence-electron chi connectivity index (χ3n) is 4.44. The molecule has 134 valence electrons. The number of benzene rings is 1. The zero-order valence-electron chi connectivity index (χ0n) is 14.3. The molecule has 1 saturated heterocycles. The molecule has 1 aromatic carbocycles. The number of nitrogens with zero attached hydrogens (tertiary/aromatic N) is 2. The van der Waals surface area contributed by atoms with Gasteiger partial charge in [-0.15, -0.1) is 11.3 Å². The molecule has 6 heteroatoms. The molecule has 0 unspecified atom stereocenters. The summed E-state index contributed by atoms with van der Waals surface area (Å²) in [5.74, 6) is -0.167. The van der Waals surface area contributed by atoms with Gasteiger partial charge >= 0.3 is 0 Å². The van der Waals surface area contributed by atoms with Crippen molar-refractivity contribution in [3.05, 3.63) is 58.0 Å². The van der Waals surface area contributed by atoms with Crippen LogP contribution >= 0.6 is 11.3 Å². The standard InChI is InChI=1S/C19H24FN3OS/c20-17-5-3-16(4-6-17)7-8-21-19(24)15-23-11-9-22(10-12-23)14-18-2-1-13-25-18/h1-6,13H,7-12,14-15H2,(H,21,24). The number of hydrogen-bond donors (Lipinski definition) is 1. The Morgan fingerprint density at radius 3 is 2.48 bits per heavy atom. The molecule has 1 aromatic heterocycles. The topological polar surface area (TPSA) is 35.6 Å². The fourth-order valence-corrected chi connectivity index (χ4v) is 3.73. The molecule has 1 amide bonds. The molecule has 1 aliphatic heterocycles. The molecule has 0 spiro atoms. The van der Waals surface area contributed by atoms with Gasteiger partial charge in [-0.25, -0.2) is 4.39 Å². The summed E-state index contributed by atoms with van der Waals surface area (Å²) in [5.41, 5.74) is 1.03. The quantitative estimate of drug-likeness (QED) is 0.822. The van der Waals surface area contributed by atoms with E-state index in [2.05, 4.69) is 32.6 Å². The highest BCUT2D eigenvalue weighted by Gasteiger charge is 2.19. The van der Waals surface area contributed by atoms with Gasteiger partial charge in [0.25, 0.3) is 0 Å². The summed E-state index contributed by atoms with van der Waals surface area (Å²) in [6.45, 7) is 5.91. The van der Waals surface area contributed by atoms with Crippen LogP contribution in [0, 0.1) is 5.82 Å². The van der Waals surface area contributed by atoms with Crippen molar-refractivity contribution in [3.8, 4) is 0 Å². The second-order valence-electron chi connectivity index (χ2n) is 6.36. The van der Waals surface area contributed by atoms with Gasteiger partial charge in [-0.2, -0.15) is 0 Å². The minimum absolute atomic E-state index is 0.0637. The number of rotatable bonds is 7. The van der Waals surface area contributed by atoms with E-state index in [9.17, 15) is 9.18 Å². The van der Waals surface area contributed by atoms with Gasteiger partial charge in [0.15, 0.2) is 0 Å². The van der Waals surface area contributed by atoms with E-state index in [1.807, 2.05) is 0 Å². The van der Waals surface area contributed by atoms with E-state index in [-0.39, 0.29) is 11.7 Å². The Bertz CT molecular complexity index is 652. The zero-order chi connectivity index (χ0) is 17.5. The third-order valence-corrected chi connectivity index (χ3v) is 5.30. The van der Waals surface area contributed by atoms with E-state index in [1.54, 1.807) is 23.5 Å². The smallest absolute Gasteiger partial charge is 0.234 e. The van der Waals surface area contributed by atoms with Gasteiger partial charge in [0.1, 0.15) is 5.82 Å². The lowest BCUT2D eigenvalue weighted by Gasteiger charge is -2.34. The minimum Gasteiger partial charge on any atom is -0.355 e. The summed E-state index contributed by atoms with van der Waals surface area (Å²) in [5, 5.41) is 5.07. The summed E-state index contributed by atoms with van der Waals surface area (Å²) < 4.78 is 12.9. The number of amides is 1. The molecule has 0 saturated carbocycles. The summed E-state index contributed by atoms with van der Waals surface area (Å²) in [7, 11) is 0. The highest BCUT2D eigenvalue weighted by atomic mass is 32.1. The van der Waals surface area contributed by atoms with Crippen LogP contribution in [0.1, 0.15) is 10.4 Å². The van der Waals surface area contributed by atoms with Crippen LogP contribution in [-0.2, 0) is 17.8 Å². The fraction of sp³-hybridized carbons (Fsp3) is 0.421. The lowest BCUT2D eigenvalue weighted by molar-refractivity contribution is -0.122. The van der Waals surface area contributed by atoms with Crippen LogP contribution in [0.3, 0.4) is 0 Å². The Hall–Kier alpha value is -1.76. The summed E-state index contributed by atoms with van der Waals surface area (Å²) in [6, 6.07) is 10.7. The van der Waals surface area contributed by atoms with Crippen LogP contribution in [0.25, 0.3) is 0 Å². The molecule has 3 rings (SSSR count). The average molecular weight is 361 g/mol. The molecule has 0 radical (unpaired) electrons. The first-order valence-electron chi connectivity index (χ1n) is 8.67. The van der Waals surface area contributed by atoms with Crippen molar-refractivity contribution in [2.45, 2.75) is 13.0 Å². The van der Waals surface area contributed by atoms with E-state index in [0.29, 0.717) is 13.1 Å². The fourth-order valence-electron chi connectivity index (χ4n) is 2.98. The highest BCUT2D eigenvalue weighted by Crippen LogP contribution is 2.13. The van der Waals surface area contributed by atoms with Gasteiger partial charge in [-0.3, -0.25) is 14.6 Å². The Kier molecular flexibility index (Phi) is 6.55. The third kappa shape index (κ3) is 5.92. The second kappa shape index (κ2) is 9.08. The molecule has 4 nitrogen and oxygen atoms in total. The second-order valence-corrected chi connectivity index (χ2v) is 7.39. The number of nitrogens with one attached hydrogen (secondary N) is 1. The highest BCUT2D eigenvalue weighted by molar-refractivity contribution is 7.09. The molecule has 2 aromatic rings. The van der Waals surface area contributed by atoms with Gasteiger partial charge in [0, 0.05) is 44.1 Å². The van der Waals surface area contributed by atoms with E-state index < -0.39 is 0 Å². The Labute approximate surface area is 152 Å². The van der Waals surface area contributed by atoms with Crippen molar-refractivity contribution in [2.75, 3.05) is 39.3 Å². The lowest BCUT2D eigenvalue weighted by atomic mass is 10.1. The first-order valence-corrected chi connectivity index (χ1v) is 9.55. The van der Waals surface area contributed by atoms with E-state index >= 15 is 0 Å². The van der Waals surface area contributed by atoms with E-state index in [0.717, 1.165) is 44.7 Å². The predicted molar refractivity (Wildman–Crippen MR) is 99.1 cm³/mol. The van der Waals surface area contributed by atoms with Crippen LogP contribution in [0.15, 0.2) is 41.8 Å². The molecule has 1 N–H and O–H groups in total. The van der Waals surface area contributed by atoms with Crippen LogP contribution in [0.5, 0.6) is 0 Å². The predicted octanol–water partition coefficient (Wildman–Crippen LogP) is 2.36. The number of carbonyl (C=O) groups excluding carboxylic acids is 1. The maximum absolute atomic E-state index is 12.9. The number of thiophene rings is 1. The summed E-state index contributed by atoms with van der Waals surface area (Å²) in [6.07, 6.45) is 0.723. The molecule has 0 atom stereocenters. The van der Waals surface area contributed by atoms with Crippen molar-refractivity contribution >= 4 is 17.2 Å². The van der Waals surface area contributed by atoms with Crippen molar-refractivity contribution in [1.29, 1.82) is 0 Å². The largest absolute Gasteiger partial charge is 0.355 e. The van der Waals surface area contributed by atoms with Gasteiger partial charge < -0.3 is 5.32 Å². The molecule has 1 fully saturated rings. The maximum Gasteiger partial charge on any atom is 0.234 e. The van der Waals surface area contributed by atoms with Crippen LogP contribution in [-0.4, -0.2) is 55.0 Å². The van der Waals surface area contributed by atoms with Crippen molar-refractivity contribution in [2.24, 2.45) is 0 Å².